The highest BCUT2D eigenvalue weighted by atomic mass is 16.5. The second-order valence-corrected chi connectivity index (χ2v) is 3.61. The lowest BCUT2D eigenvalue weighted by Gasteiger charge is -2.15. The van der Waals surface area contributed by atoms with Gasteiger partial charge in [0.2, 0.25) is 0 Å². The Morgan fingerprint density at radius 2 is 1.53 bits per heavy atom. The molecule has 0 aliphatic heterocycles. The molecule has 0 saturated heterocycles. The second-order valence-electron chi connectivity index (χ2n) is 3.61. The SMILES string of the molecule is CCCCC(COC(C)=O)COC(C)=O. The minimum Gasteiger partial charge on any atom is -0.465 e. The van der Waals surface area contributed by atoms with Crippen molar-refractivity contribution in [2.45, 2.75) is 40.0 Å². The van der Waals surface area contributed by atoms with E-state index in [-0.39, 0.29) is 17.9 Å². The lowest BCUT2D eigenvalue weighted by molar-refractivity contribution is -0.146. The molecule has 0 fully saturated rings. The molecule has 0 amide bonds. The predicted octanol–water partition coefficient (Wildman–Crippen LogP) is 1.92. The van der Waals surface area contributed by atoms with Crippen LogP contribution in [0.5, 0.6) is 0 Å². The summed E-state index contributed by atoms with van der Waals surface area (Å²) in [5.74, 6) is -0.462. The standard InChI is InChI=1S/C11H20O4/c1-4-5-6-11(7-14-9(2)12)8-15-10(3)13/h11H,4-8H2,1-3H3. The van der Waals surface area contributed by atoms with Crippen LogP contribution in [0.2, 0.25) is 0 Å². The first-order valence-electron chi connectivity index (χ1n) is 5.33. The van der Waals surface area contributed by atoms with E-state index in [1.807, 2.05) is 0 Å². The Bertz CT molecular complexity index is 183. The highest BCUT2D eigenvalue weighted by Crippen LogP contribution is 2.10. The molecule has 15 heavy (non-hydrogen) atoms. The minimum atomic E-state index is -0.292. The van der Waals surface area contributed by atoms with Gasteiger partial charge in [0.05, 0.1) is 13.2 Å². The fourth-order valence-electron chi connectivity index (χ4n) is 1.18. The molecule has 0 aliphatic rings. The van der Waals surface area contributed by atoms with E-state index < -0.39 is 0 Å². The van der Waals surface area contributed by atoms with E-state index in [0.29, 0.717) is 13.2 Å². The maximum absolute atomic E-state index is 10.6. The molecule has 0 bridgehead atoms. The van der Waals surface area contributed by atoms with Gasteiger partial charge in [0, 0.05) is 19.8 Å². The van der Waals surface area contributed by atoms with Crippen LogP contribution in [0.15, 0.2) is 0 Å². The number of ether oxygens (including phenoxy) is 2. The molecule has 0 saturated carbocycles. The van der Waals surface area contributed by atoms with Crippen molar-refractivity contribution in [1.29, 1.82) is 0 Å². The summed E-state index contributed by atoms with van der Waals surface area (Å²) in [6.07, 6.45) is 3.04. The van der Waals surface area contributed by atoms with Gasteiger partial charge in [-0.15, -0.1) is 0 Å². The van der Waals surface area contributed by atoms with Crippen LogP contribution in [0.4, 0.5) is 0 Å². The molecule has 0 N–H and O–H groups in total. The first-order valence-corrected chi connectivity index (χ1v) is 5.33. The van der Waals surface area contributed by atoms with Crippen LogP contribution >= 0.6 is 0 Å². The van der Waals surface area contributed by atoms with Gasteiger partial charge in [-0.3, -0.25) is 9.59 Å². The van der Waals surface area contributed by atoms with Crippen LogP contribution in [0.3, 0.4) is 0 Å². The number of carbonyl (C=O) groups excluding carboxylic acids is 2. The molecule has 0 radical (unpaired) electrons. The van der Waals surface area contributed by atoms with Crippen molar-refractivity contribution < 1.29 is 19.1 Å². The van der Waals surface area contributed by atoms with Crippen LogP contribution in [0, 0.1) is 5.92 Å². The number of carbonyl (C=O) groups is 2. The molecule has 4 nitrogen and oxygen atoms in total. The molecule has 88 valence electrons. The molecular formula is C11H20O4. The van der Waals surface area contributed by atoms with Gasteiger partial charge in [-0.2, -0.15) is 0 Å². The normalized spacial score (nSPS) is 10.1. The third kappa shape index (κ3) is 9.25. The molecule has 0 spiro atoms. The Kier molecular flexibility index (Phi) is 7.68. The topological polar surface area (TPSA) is 52.6 Å². The Morgan fingerprint density at radius 3 is 1.87 bits per heavy atom. The van der Waals surface area contributed by atoms with Crippen molar-refractivity contribution in [2.75, 3.05) is 13.2 Å². The summed E-state index contributed by atoms with van der Waals surface area (Å²) in [6.45, 7) is 5.52. The van der Waals surface area contributed by atoms with E-state index in [1.54, 1.807) is 0 Å². The van der Waals surface area contributed by atoms with E-state index in [9.17, 15) is 9.59 Å². The largest absolute Gasteiger partial charge is 0.465 e. The molecule has 0 aromatic heterocycles. The molecule has 0 aromatic carbocycles. The van der Waals surface area contributed by atoms with Crippen LogP contribution in [0.25, 0.3) is 0 Å². The Balaban J connectivity index is 3.82. The quantitative estimate of drug-likeness (QED) is 0.610. The third-order valence-corrected chi connectivity index (χ3v) is 2.01. The number of esters is 2. The Labute approximate surface area is 90.9 Å². The van der Waals surface area contributed by atoms with Crippen molar-refractivity contribution in [1.82, 2.24) is 0 Å². The summed E-state index contributed by atoms with van der Waals surface area (Å²) in [5, 5.41) is 0. The first-order chi connectivity index (χ1) is 7.06. The van der Waals surface area contributed by atoms with Crippen molar-refractivity contribution >= 4 is 11.9 Å². The van der Waals surface area contributed by atoms with Gasteiger partial charge in [-0.1, -0.05) is 19.8 Å². The van der Waals surface area contributed by atoms with Crippen LogP contribution in [-0.2, 0) is 19.1 Å². The zero-order chi connectivity index (χ0) is 11.7. The van der Waals surface area contributed by atoms with Gasteiger partial charge in [-0.05, 0) is 6.42 Å². The van der Waals surface area contributed by atoms with E-state index >= 15 is 0 Å². The smallest absolute Gasteiger partial charge is 0.302 e. The molecular weight excluding hydrogens is 196 g/mol. The van der Waals surface area contributed by atoms with E-state index in [0.717, 1.165) is 19.3 Å². The van der Waals surface area contributed by atoms with Gasteiger partial charge >= 0.3 is 11.9 Å². The summed E-state index contributed by atoms with van der Waals surface area (Å²) in [4.78, 5) is 21.3. The highest BCUT2D eigenvalue weighted by molar-refractivity contribution is 5.66. The number of unbranched alkanes of at least 4 members (excludes halogenated alkanes) is 1. The first kappa shape index (κ1) is 13.9. The average Bonchev–Trinajstić information content (AvgIpc) is 2.16. The lowest BCUT2D eigenvalue weighted by atomic mass is 10.0. The zero-order valence-electron chi connectivity index (χ0n) is 9.75. The summed E-state index contributed by atoms with van der Waals surface area (Å²) >= 11 is 0. The summed E-state index contributed by atoms with van der Waals surface area (Å²) in [7, 11) is 0. The van der Waals surface area contributed by atoms with Gasteiger partial charge in [0.15, 0.2) is 0 Å². The van der Waals surface area contributed by atoms with E-state index in [4.69, 9.17) is 9.47 Å². The molecule has 0 aromatic rings. The highest BCUT2D eigenvalue weighted by Gasteiger charge is 2.11. The number of hydrogen-bond acceptors (Lipinski definition) is 4. The van der Waals surface area contributed by atoms with Crippen LogP contribution < -0.4 is 0 Å². The Hall–Kier alpha value is -1.06. The summed E-state index contributed by atoms with van der Waals surface area (Å²) in [6, 6.07) is 0. The van der Waals surface area contributed by atoms with Gasteiger partial charge in [0.25, 0.3) is 0 Å². The minimum absolute atomic E-state index is 0.123. The van der Waals surface area contributed by atoms with Crippen molar-refractivity contribution in [3.8, 4) is 0 Å². The van der Waals surface area contributed by atoms with Crippen LogP contribution in [-0.4, -0.2) is 25.2 Å². The summed E-state index contributed by atoms with van der Waals surface area (Å²) < 4.78 is 9.81. The van der Waals surface area contributed by atoms with Gasteiger partial charge < -0.3 is 9.47 Å². The Morgan fingerprint density at radius 1 is 1.07 bits per heavy atom. The zero-order valence-corrected chi connectivity index (χ0v) is 9.75. The van der Waals surface area contributed by atoms with Gasteiger partial charge in [0.1, 0.15) is 0 Å². The number of rotatable bonds is 7. The van der Waals surface area contributed by atoms with E-state index in [2.05, 4.69) is 6.92 Å². The van der Waals surface area contributed by atoms with Crippen molar-refractivity contribution in [2.24, 2.45) is 5.92 Å². The molecule has 4 heteroatoms. The fourth-order valence-corrected chi connectivity index (χ4v) is 1.18. The van der Waals surface area contributed by atoms with Crippen molar-refractivity contribution in [3.63, 3.8) is 0 Å². The average molecular weight is 216 g/mol. The fraction of sp³-hybridized carbons (Fsp3) is 0.818. The third-order valence-electron chi connectivity index (χ3n) is 2.01. The van der Waals surface area contributed by atoms with Gasteiger partial charge in [-0.25, -0.2) is 0 Å². The maximum Gasteiger partial charge on any atom is 0.302 e. The molecule has 0 rings (SSSR count). The molecule has 0 atom stereocenters. The maximum atomic E-state index is 10.6. The van der Waals surface area contributed by atoms with Crippen molar-refractivity contribution in [3.05, 3.63) is 0 Å². The monoisotopic (exact) mass is 216 g/mol. The molecule has 0 unspecified atom stereocenters. The predicted molar refractivity (Wildman–Crippen MR) is 56.3 cm³/mol. The number of hydrogen-bond donors (Lipinski definition) is 0. The molecule has 0 heterocycles. The van der Waals surface area contributed by atoms with Crippen LogP contribution in [0.1, 0.15) is 40.0 Å². The summed E-state index contributed by atoms with van der Waals surface area (Å²) in [5.41, 5.74) is 0. The lowest BCUT2D eigenvalue weighted by Crippen LogP contribution is -2.19. The second kappa shape index (κ2) is 8.26. The van der Waals surface area contributed by atoms with E-state index in [1.165, 1.54) is 13.8 Å². The molecule has 0 aliphatic carbocycles.